The van der Waals surface area contributed by atoms with Crippen LogP contribution in [0.5, 0.6) is 0 Å². The molecule has 0 atom stereocenters. The standard InChI is InChI=1S/ClH2.3ClH.Li.Na/h1H2;3*1H;;/q+1;;;;2*+1/p-3. The van der Waals surface area contributed by atoms with E-state index >= 15 is 0 Å². The van der Waals surface area contributed by atoms with Crippen LogP contribution in [0.15, 0.2) is 0 Å². The van der Waals surface area contributed by atoms with Crippen LogP contribution in [-0.2, 0) is 0 Å². The Kier molecular flexibility index (Phi) is 538. The molecule has 6 heteroatoms. The molecule has 0 nitrogen and oxygen atoms in total. The van der Waals surface area contributed by atoms with Gasteiger partial charge in [-0.15, -0.1) is 0 Å². The van der Waals surface area contributed by atoms with E-state index in [1.165, 1.54) is 0 Å². The average molecular weight is 174 g/mol. The summed E-state index contributed by atoms with van der Waals surface area (Å²) in [4.78, 5) is 0. The molecule has 0 aliphatic heterocycles. The topological polar surface area (TPSA) is 0 Å². The Labute approximate surface area is 96.7 Å². The fraction of sp³-hybridized carbons (Fsp3) is 0. The van der Waals surface area contributed by atoms with Gasteiger partial charge in [-0.3, -0.25) is 0 Å². The molecule has 0 aromatic rings. The van der Waals surface area contributed by atoms with Crippen molar-refractivity contribution in [3.8, 4) is 0 Å². The smallest absolute Gasteiger partial charge is 1.00 e. The summed E-state index contributed by atoms with van der Waals surface area (Å²) < 4.78 is 0. The van der Waals surface area contributed by atoms with Crippen molar-refractivity contribution >= 4 is 0 Å². The van der Waals surface area contributed by atoms with Crippen LogP contribution in [0.4, 0.5) is 0 Å². The van der Waals surface area contributed by atoms with Gasteiger partial charge >= 0.3 is 48.4 Å². The molecule has 0 N–H and O–H groups in total. The first kappa shape index (κ1) is 69.3. The maximum Gasteiger partial charge on any atom is 1.00 e. The van der Waals surface area contributed by atoms with Crippen molar-refractivity contribution in [3.05, 3.63) is 0 Å². The molecule has 0 spiro atoms. The van der Waals surface area contributed by atoms with Crippen LogP contribution in [-0.4, -0.2) is 0 Å². The number of rotatable bonds is 0. The molecule has 0 aromatic heterocycles. The summed E-state index contributed by atoms with van der Waals surface area (Å²) >= 11 is 0. The zero-order chi connectivity index (χ0) is 0. The summed E-state index contributed by atoms with van der Waals surface area (Å²) in [6.45, 7) is 0. The van der Waals surface area contributed by atoms with E-state index in [0.717, 1.165) is 0 Å². The number of hydrogen-bond acceptors (Lipinski definition) is 0. The van der Waals surface area contributed by atoms with Crippen LogP contribution in [0.1, 0.15) is 0 Å². The first-order valence-electron chi connectivity index (χ1n) is 0. The maximum atomic E-state index is 0. The van der Waals surface area contributed by atoms with Gasteiger partial charge in [-0.2, -0.15) is 0 Å². The Morgan fingerprint density at radius 2 is 0.667 bits per heavy atom. The van der Waals surface area contributed by atoms with Crippen molar-refractivity contribution in [2.24, 2.45) is 0 Å². The third kappa shape index (κ3) is 29.5. The molecule has 0 saturated heterocycles. The molecular formula is H2Cl4LiNa. The van der Waals surface area contributed by atoms with Crippen LogP contribution < -0.4 is 85.6 Å². The molecule has 32 valence electrons. The first-order chi connectivity index (χ1) is 0. The normalized spacial score (nSPS) is 0. The number of halogens is 4. The van der Waals surface area contributed by atoms with E-state index in [0.29, 0.717) is 0 Å². The summed E-state index contributed by atoms with van der Waals surface area (Å²) in [7, 11) is 0. The fourth-order valence-corrected chi connectivity index (χ4v) is 0. The Morgan fingerprint density at radius 1 is 0.667 bits per heavy atom. The third-order valence-electron chi connectivity index (χ3n) is 0. The van der Waals surface area contributed by atoms with Gasteiger partial charge in [0.2, 0.25) is 0 Å². The van der Waals surface area contributed by atoms with Crippen LogP contribution >= 0.6 is 0 Å². The zero-order valence-corrected chi connectivity index (χ0v) is 8.74. The minimum absolute atomic E-state index is 0. The minimum atomic E-state index is 0. The molecule has 0 aliphatic carbocycles. The first-order valence-corrected chi connectivity index (χ1v) is 0. The Morgan fingerprint density at radius 3 is 0.667 bits per heavy atom. The van der Waals surface area contributed by atoms with E-state index in [1.54, 1.807) is 0 Å². The second-order valence-corrected chi connectivity index (χ2v) is 0. The van der Waals surface area contributed by atoms with Gasteiger partial charge in [0, 0.05) is 0 Å². The summed E-state index contributed by atoms with van der Waals surface area (Å²) in [6.07, 6.45) is 0. The molecule has 0 fully saturated rings. The Bertz CT molecular complexity index is 7.51. The van der Waals surface area contributed by atoms with Gasteiger partial charge in [-0.05, 0) is 0 Å². The summed E-state index contributed by atoms with van der Waals surface area (Å²) in [6, 6.07) is 0. The molecule has 0 rings (SSSR count). The van der Waals surface area contributed by atoms with Crippen LogP contribution in [0.25, 0.3) is 0 Å². The second kappa shape index (κ2) is 46.6. The van der Waals surface area contributed by atoms with Gasteiger partial charge in [0.15, 0.2) is 0 Å². The van der Waals surface area contributed by atoms with Gasteiger partial charge in [0.05, 0.1) is 12.4 Å². The molecule has 6 heavy (non-hydrogen) atoms. The van der Waals surface area contributed by atoms with E-state index in [-0.39, 0.29) is 98.0 Å². The van der Waals surface area contributed by atoms with Gasteiger partial charge in [0.1, 0.15) is 0 Å². The number of hydrogen-bond donors (Lipinski definition) is 0. The van der Waals surface area contributed by atoms with Crippen LogP contribution in [0.2, 0.25) is 0 Å². The fourth-order valence-electron chi connectivity index (χ4n) is 0. The van der Waals surface area contributed by atoms with Crippen molar-refractivity contribution in [3.63, 3.8) is 0 Å². The van der Waals surface area contributed by atoms with Crippen molar-refractivity contribution in [2.75, 3.05) is 0 Å². The maximum absolute atomic E-state index is 0. The summed E-state index contributed by atoms with van der Waals surface area (Å²) in [5.41, 5.74) is 0. The van der Waals surface area contributed by atoms with Gasteiger partial charge in [-0.1, -0.05) is 0 Å². The van der Waals surface area contributed by atoms with E-state index in [4.69, 9.17) is 0 Å². The van der Waals surface area contributed by atoms with Gasteiger partial charge < -0.3 is 37.2 Å². The molecule has 0 aliphatic rings. The predicted molar refractivity (Wildman–Crippen MR) is 2.79 cm³/mol. The predicted octanol–water partition coefficient (Wildman–Crippen LogP) is -15.5. The van der Waals surface area contributed by atoms with Gasteiger partial charge in [-0.25, -0.2) is 0 Å². The molecule has 0 bridgehead atoms. The molecular weight excluding hydrogens is 172 g/mol. The Hall–Kier alpha value is 2.76. The Balaban J connectivity index is 0. The van der Waals surface area contributed by atoms with E-state index in [2.05, 4.69) is 0 Å². The largest absolute Gasteiger partial charge is 1.00 e. The van der Waals surface area contributed by atoms with E-state index in [9.17, 15) is 0 Å². The molecule has 0 unspecified atom stereocenters. The van der Waals surface area contributed by atoms with Crippen LogP contribution in [0.3, 0.4) is 0 Å². The monoisotopic (exact) mass is 172 g/mol. The second-order valence-electron chi connectivity index (χ2n) is 0. The molecule has 0 amide bonds. The molecule has 0 saturated carbocycles. The SMILES string of the molecule is [Cl-].[Cl-].[Cl-].[ClH2+].[Li+].[Na+]. The van der Waals surface area contributed by atoms with Gasteiger partial charge in [0.25, 0.3) is 0 Å². The van der Waals surface area contributed by atoms with Crippen molar-refractivity contribution in [1.29, 1.82) is 0 Å². The van der Waals surface area contributed by atoms with Crippen molar-refractivity contribution in [2.45, 2.75) is 0 Å². The summed E-state index contributed by atoms with van der Waals surface area (Å²) in [5, 5.41) is 0. The average Bonchev–Trinajstić information content (AvgIpc) is 0. The van der Waals surface area contributed by atoms with E-state index < -0.39 is 0 Å². The summed E-state index contributed by atoms with van der Waals surface area (Å²) in [5.74, 6) is 0. The zero-order valence-electron chi connectivity index (χ0n) is 3.58. The quantitative estimate of drug-likeness (QED) is 0.320. The van der Waals surface area contributed by atoms with Crippen LogP contribution in [0, 0.1) is 12.4 Å². The van der Waals surface area contributed by atoms with Crippen molar-refractivity contribution < 1.29 is 98.0 Å². The third-order valence-corrected chi connectivity index (χ3v) is 0. The molecule has 0 aromatic carbocycles. The minimum Gasteiger partial charge on any atom is -1.00 e. The molecule has 0 radical (unpaired) electrons. The van der Waals surface area contributed by atoms with Crippen molar-refractivity contribution in [1.82, 2.24) is 0 Å². The molecule has 0 heterocycles. The van der Waals surface area contributed by atoms with E-state index in [1.807, 2.05) is 0 Å².